The molecule has 1 saturated carbocycles. The minimum absolute atomic E-state index is 0.0385. The number of carboxylic acid groups (broad SMARTS) is 1. The number of carbonyl (C=O) groups is 2. The van der Waals surface area contributed by atoms with E-state index in [1.807, 2.05) is 6.07 Å². The fraction of sp³-hybridized carbons (Fsp3) is 0.533. The van der Waals surface area contributed by atoms with E-state index in [9.17, 15) is 27.9 Å². The van der Waals surface area contributed by atoms with Crippen LogP contribution < -0.4 is 4.74 Å². The van der Waals surface area contributed by atoms with Crippen molar-refractivity contribution in [3.63, 3.8) is 0 Å². The zero-order valence-electron chi connectivity index (χ0n) is 22.3. The minimum atomic E-state index is -4.45. The van der Waals surface area contributed by atoms with Crippen molar-refractivity contribution in [2.45, 2.75) is 70.6 Å². The van der Waals surface area contributed by atoms with Gasteiger partial charge in [0.25, 0.3) is 0 Å². The molecule has 0 aromatic heterocycles. The lowest BCUT2D eigenvalue weighted by atomic mass is 9.74. The molecule has 1 unspecified atom stereocenters. The first-order chi connectivity index (χ1) is 18.5. The van der Waals surface area contributed by atoms with Crippen LogP contribution in [0.5, 0.6) is 5.75 Å². The third-order valence-electron chi connectivity index (χ3n) is 9.12. The van der Waals surface area contributed by atoms with Crippen molar-refractivity contribution in [3.05, 3.63) is 64.7 Å². The molecule has 0 bridgehead atoms. The highest BCUT2D eigenvalue weighted by atomic mass is 19.4. The van der Waals surface area contributed by atoms with Crippen LogP contribution in [0.1, 0.15) is 78.9 Å². The van der Waals surface area contributed by atoms with E-state index in [1.165, 1.54) is 6.07 Å². The fourth-order valence-electron chi connectivity index (χ4n) is 6.71. The standard InChI is InChI=1S/C30H35F3N2O4/c1-19(2)29(28(38)35-17-23-15-24(30(31,32)33)6-7-26(23)39-18-35)11-8-25(16-29)34-12-9-20(10-13-34)21-4-3-5-22(14-21)27(36)37/h3-7,14-15,19-20,25H,8-13,16-18H2,1-2H3,(H,36,37)/t25-,29?/m1/s1. The minimum Gasteiger partial charge on any atom is -0.478 e. The van der Waals surface area contributed by atoms with Crippen molar-refractivity contribution < 1.29 is 32.6 Å². The number of halogens is 3. The number of amides is 1. The van der Waals surface area contributed by atoms with E-state index in [1.54, 1.807) is 23.1 Å². The van der Waals surface area contributed by atoms with Crippen molar-refractivity contribution in [2.24, 2.45) is 11.3 Å². The number of fused-ring (bicyclic) bond motifs is 1. The molecule has 2 heterocycles. The predicted molar refractivity (Wildman–Crippen MR) is 139 cm³/mol. The maximum Gasteiger partial charge on any atom is 0.416 e. The topological polar surface area (TPSA) is 70.1 Å². The predicted octanol–water partition coefficient (Wildman–Crippen LogP) is 6.16. The number of likely N-dealkylation sites (tertiary alicyclic amines) is 1. The van der Waals surface area contributed by atoms with Gasteiger partial charge in [0, 0.05) is 11.6 Å². The third-order valence-corrected chi connectivity index (χ3v) is 9.12. The van der Waals surface area contributed by atoms with E-state index in [0.717, 1.165) is 56.5 Å². The van der Waals surface area contributed by atoms with Gasteiger partial charge in [0.2, 0.25) is 5.91 Å². The van der Waals surface area contributed by atoms with Crippen LogP contribution in [0.25, 0.3) is 0 Å². The van der Waals surface area contributed by atoms with Gasteiger partial charge in [-0.15, -0.1) is 0 Å². The second-order valence-corrected chi connectivity index (χ2v) is 11.5. The van der Waals surface area contributed by atoms with E-state index in [2.05, 4.69) is 18.7 Å². The highest BCUT2D eigenvalue weighted by Crippen LogP contribution is 2.49. The lowest BCUT2D eigenvalue weighted by Gasteiger charge is -2.41. The van der Waals surface area contributed by atoms with Gasteiger partial charge in [0.1, 0.15) is 5.75 Å². The van der Waals surface area contributed by atoms with Gasteiger partial charge in [-0.2, -0.15) is 13.2 Å². The van der Waals surface area contributed by atoms with Crippen LogP contribution in [0.3, 0.4) is 0 Å². The smallest absolute Gasteiger partial charge is 0.416 e. The molecule has 1 N–H and O–H groups in total. The molecule has 3 aliphatic rings. The number of carboxylic acids is 1. The number of hydrogen-bond donors (Lipinski definition) is 1. The Hall–Kier alpha value is -3.07. The molecule has 6 nitrogen and oxygen atoms in total. The average Bonchev–Trinajstić information content (AvgIpc) is 3.39. The molecule has 2 aromatic carbocycles. The number of ether oxygens (including phenoxy) is 1. The average molecular weight is 545 g/mol. The van der Waals surface area contributed by atoms with Gasteiger partial charge in [-0.1, -0.05) is 26.0 Å². The molecule has 2 atom stereocenters. The number of hydrogen-bond acceptors (Lipinski definition) is 4. The van der Waals surface area contributed by atoms with Crippen LogP contribution in [0, 0.1) is 11.3 Å². The Labute approximate surface area is 226 Å². The normalized spacial score (nSPS) is 24.5. The summed E-state index contributed by atoms with van der Waals surface area (Å²) >= 11 is 0. The van der Waals surface area contributed by atoms with Crippen LogP contribution in [0.15, 0.2) is 42.5 Å². The zero-order chi connectivity index (χ0) is 27.9. The molecule has 1 aliphatic carbocycles. The summed E-state index contributed by atoms with van der Waals surface area (Å²) < 4.78 is 45.5. The van der Waals surface area contributed by atoms with Crippen LogP contribution in [-0.2, 0) is 17.5 Å². The monoisotopic (exact) mass is 544 g/mol. The number of alkyl halides is 3. The molecule has 2 aromatic rings. The summed E-state index contributed by atoms with van der Waals surface area (Å²) in [6.07, 6.45) is -0.242. The Morgan fingerprint density at radius 1 is 1.08 bits per heavy atom. The molecular formula is C30H35F3N2O4. The molecule has 5 rings (SSSR count). The van der Waals surface area contributed by atoms with Crippen molar-refractivity contribution in [3.8, 4) is 5.75 Å². The highest BCUT2D eigenvalue weighted by Gasteiger charge is 2.51. The summed E-state index contributed by atoms with van der Waals surface area (Å²) in [4.78, 5) is 29.4. The largest absolute Gasteiger partial charge is 0.478 e. The van der Waals surface area contributed by atoms with E-state index in [0.29, 0.717) is 29.2 Å². The zero-order valence-corrected chi connectivity index (χ0v) is 22.3. The van der Waals surface area contributed by atoms with Crippen molar-refractivity contribution >= 4 is 11.9 Å². The molecule has 0 spiro atoms. The summed E-state index contributed by atoms with van der Waals surface area (Å²) in [7, 11) is 0. The first kappa shape index (κ1) is 27.5. The summed E-state index contributed by atoms with van der Waals surface area (Å²) in [6, 6.07) is 10.9. The Balaban J connectivity index is 1.25. The van der Waals surface area contributed by atoms with Gasteiger partial charge in [-0.05, 0) is 92.9 Å². The second kappa shape index (κ2) is 10.5. The molecule has 2 aliphatic heterocycles. The SMILES string of the molecule is CC(C)C1(C(=O)N2COc3ccc(C(F)(F)F)cc3C2)CC[C@@H](N2CCC(c3cccc(C(=O)O)c3)CC2)C1. The number of piperidine rings is 1. The van der Waals surface area contributed by atoms with E-state index in [4.69, 9.17) is 4.74 Å². The quantitative estimate of drug-likeness (QED) is 0.489. The molecule has 0 radical (unpaired) electrons. The summed E-state index contributed by atoms with van der Waals surface area (Å²) in [5, 5.41) is 9.33. The molecule has 2 fully saturated rings. The highest BCUT2D eigenvalue weighted by molar-refractivity contribution is 5.87. The van der Waals surface area contributed by atoms with Gasteiger partial charge in [0.15, 0.2) is 6.73 Å². The Morgan fingerprint density at radius 2 is 1.82 bits per heavy atom. The fourth-order valence-corrected chi connectivity index (χ4v) is 6.71. The molecule has 39 heavy (non-hydrogen) atoms. The summed E-state index contributed by atoms with van der Waals surface area (Å²) in [5.74, 6) is -0.173. The van der Waals surface area contributed by atoms with Crippen LogP contribution in [0.4, 0.5) is 13.2 Å². The van der Waals surface area contributed by atoms with Gasteiger partial charge in [-0.3, -0.25) is 4.79 Å². The molecule has 1 amide bonds. The van der Waals surface area contributed by atoms with Crippen LogP contribution >= 0.6 is 0 Å². The number of rotatable bonds is 5. The number of nitrogens with zero attached hydrogens (tertiary/aromatic N) is 2. The Morgan fingerprint density at radius 3 is 2.49 bits per heavy atom. The third kappa shape index (κ3) is 5.38. The van der Waals surface area contributed by atoms with Crippen molar-refractivity contribution in [2.75, 3.05) is 19.8 Å². The molecule has 210 valence electrons. The van der Waals surface area contributed by atoms with Gasteiger partial charge in [-0.25, -0.2) is 4.79 Å². The first-order valence-corrected chi connectivity index (χ1v) is 13.7. The molecule has 9 heteroatoms. The first-order valence-electron chi connectivity index (χ1n) is 13.7. The number of aromatic carboxylic acids is 1. The van der Waals surface area contributed by atoms with Crippen molar-refractivity contribution in [1.29, 1.82) is 0 Å². The van der Waals surface area contributed by atoms with E-state index in [-0.39, 0.29) is 31.1 Å². The molecule has 1 saturated heterocycles. The van der Waals surface area contributed by atoms with Gasteiger partial charge < -0.3 is 19.6 Å². The number of benzene rings is 2. The van der Waals surface area contributed by atoms with Crippen molar-refractivity contribution in [1.82, 2.24) is 9.80 Å². The lowest BCUT2D eigenvalue weighted by molar-refractivity contribution is -0.150. The maximum atomic E-state index is 14.0. The number of carbonyl (C=O) groups excluding carboxylic acids is 1. The lowest BCUT2D eigenvalue weighted by Crippen LogP contribution is -2.49. The maximum absolute atomic E-state index is 14.0. The van der Waals surface area contributed by atoms with E-state index >= 15 is 0 Å². The second-order valence-electron chi connectivity index (χ2n) is 11.5. The summed E-state index contributed by atoms with van der Waals surface area (Å²) in [5.41, 5.74) is 0.431. The van der Waals surface area contributed by atoms with Crippen LogP contribution in [-0.4, -0.2) is 52.6 Å². The van der Waals surface area contributed by atoms with Crippen LogP contribution in [0.2, 0.25) is 0 Å². The Kier molecular flexibility index (Phi) is 7.39. The van der Waals surface area contributed by atoms with Gasteiger partial charge >= 0.3 is 12.1 Å². The van der Waals surface area contributed by atoms with Gasteiger partial charge in [0.05, 0.1) is 23.1 Å². The van der Waals surface area contributed by atoms with E-state index < -0.39 is 23.1 Å². The Bertz CT molecular complexity index is 1240. The summed E-state index contributed by atoms with van der Waals surface area (Å²) in [6.45, 7) is 6.03. The molecular weight excluding hydrogens is 509 g/mol.